The Hall–Kier alpha value is -0.350. The van der Waals surface area contributed by atoms with Gasteiger partial charge in [0.25, 0.3) is 0 Å². The average molecular weight is 359 g/mol. The van der Waals surface area contributed by atoms with Crippen molar-refractivity contribution in [1.82, 2.24) is 0 Å². The maximum absolute atomic E-state index is 12.7. The van der Waals surface area contributed by atoms with E-state index in [4.69, 9.17) is 4.74 Å². The fourth-order valence-electron chi connectivity index (χ4n) is 2.84. The Morgan fingerprint density at radius 2 is 2.20 bits per heavy atom. The summed E-state index contributed by atoms with van der Waals surface area (Å²) in [7, 11) is 0.724. The lowest BCUT2D eigenvalue weighted by atomic mass is 9.81. The molecule has 2 unspecified atom stereocenters. The molecule has 2 atom stereocenters. The van der Waals surface area contributed by atoms with Crippen molar-refractivity contribution in [3.63, 3.8) is 0 Å². The van der Waals surface area contributed by atoms with E-state index in [2.05, 4.69) is 35.8 Å². The molecule has 0 fully saturated rings. The SMILES string of the molecule is CCCCC1(C)CCc2cc(Br)c(OC)cc2S(=O)C1. The minimum Gasteiger partial charge on any atom is -0.496 e. The first kappa shape index (κ1) is 16.0. The molecule has 20 heavy (non-hydrogen) atoms. The summed E-state index contributed by atoms with van der Waals surface area (Å²) in [5, 5.41) is 0. The van der Waals surface area contributed by atoms with Gasteiger partial charge in [-0.25, -0.2) is 0 Å². The summed E-state index contributed by atoms with van der Waals surface area (Å²) in [4.78, 5) is 0.963. The predicted molar refractivity (Wildman–Crippen MR) is 87.9 cm³/mol. The largest absolute Gasteiger partial charge is 0.496 e. The van der Waals surface area contributed by atoms with Crippen LogP contribution in [0.15, 0.2) is 21.5 Å². The number of hydrogen-bond acceptors (Lipinski definition) is 2. The number of aryl methyl sites for hydroxylation is 1. The van der Waals surface area contributed by atoms with Crippen LogP contribution in [0.2, 0.25) is 0 Å². The second kappa shape index (κ2) is 6.61. The Bertz CT molecular complexity index is 515. The zero-order valence-corrected chi connectivity index (χ0v) is 14.9. The predicted octanol–water partition coefficient (Wildman–Crippen LogP) is 4.71. The minimum atomic E-state index is -0.926. The highest BCUT2D eigenvalue weighted by atomic mass is 79.9. The van der Waals surface area contributed by atoms with Crippen LogP contribution in [0, 0.1) is 5.41 Å². The molecule has 1 heterocycles. The van der Waals surface area contributed by atoms with Gasteiger partial charge in [-0.15, -0.1) is 0 Å². The number of methoxy groups -OCH3 is 1. The summed E-state index contributed by atoms with van der Waals surface area (Å²) in [6.45, 7) is 4.51. The molecule has 2 rings (SSSR count). The number of hydrogen-bond donors (Lipinski definition) is 0. The van der Waals surface area contributed by atoms with E-state index in [9.17, 15) is 4.21 Å². The second-order valence-electron chi connectivity index (χ2n) is 6.00. The highest BCUT2D eigenvalue weighted by Gasteiger charge is 2.31. The van der Waals surface area contributed by atoms with E-state index in [1.165, 1.54) is 24.8 Å². The summed E-state index contributed by atoms with van der Waals surface area (Å²) in [5.41, 5.74) is 1.40. The molecule has 0 saturated carbocycles. The van der Waals surface area contributed by atoms with Crippen molar-refractivity contribution >= 4 is 26.7 Å². The van der Waals surface area contributed by atoms with Crippen molar-refractivity contribution in [3.8, 4) is 5.75 Å². The number of halogens is 1. The minimum absolute atomic E-state index is 0.194. The van der Waals surface area contributed by atoms with Crippen LogP contribution >= 0.6 is 15.9 Å². The van der Waals surface area contributed by atoms with Crippen molar-refractivity contribution < 1.29 is 8.95 Å². The monoisotopic (exact) mass is 358 g/mol. The molecule has 112 valence electrons. The smallest absolute Gasteiger partial charge is 0.134 e. The Morgan fingerprint density at radius 3 is 2.85 bits per heavy atom. The Labute approximate surface area is 132 Å². The molecule has 1 aromatic carbocycles. The lowest BCUT2D eigenvalue weighted by Gasteiger charge is -2.27. The fraction of sp³-hybridized carbons (Fsp3) is 0.625. The van der Waals surface area contributed by atoms with Gasteiger partial charge in [0.1, 0.15) is 5.75 Å². The van der Waals surface area contributed by atoms with Crippen molar-refractivity contribution in [2.24, 2.45) is 5.41 Å². The number of unbranched alkanes of at least 4 members (excludes halogenated alkanes) is 1. The lowest BCUT2D eigenvalue weighted by Crippen LogP contribution is -2.23. The molecule has 1 aliphatic rings. The molecule has 0 amide bonds. The third-order valence-corrected chi connectivity index (χ3v) is 6.64. The summed E-state index contributed by atoms with van der Waals surface area (Å²) < 4.78 is 19.0. The van der Waals surface area contributed by atoms with E-state index in [0.717, 1.165) is 33.7 Å². The van der Waals surface area contributed by atoms with Crippen molar-refractivity contribution in [2.45, 2.75) is 50.8 Å². The molecular weight excluding hydrogens is 336 g/mol. The number of ether oxygens (including phenoxy) is 1. The van der Waals surface area contributed by atoms with Gasteiger partial charge in [-0.3, -0.25) is 4.21 Å². The third kappa shape index (κ3) is 3.45. The van der Waals surface area contributed by atoms with Gasteiger partial charge in [0, 0.05) is 10.6 Å². The molecule has 2 nitrogen and oxygen atoms in total. The van der Waals surface area contributed by atoms with E-state index in [0.29, 0.717) is 0 Å². The van der Waals surface area contributed by atoms with Gasteiger partial charge in [-0.05, 0) is 58.3 Å². The van der Waals surface area contributed by atoms with Crippen LogP contribution in [-0.2, 0) is 17.2 Å². The second-order valence-corrected chi connectivity index (χ2v) is 8.27. The van der Waals surface area contributed by atoms with Crippen LogP contribution in [0.3, 0.4) is 0 Å². The van der Waals surface area contributed by atoms with Gasteiger partial charge < -0.3 is 4.74 Å². The zero-order valence-electron chi connectivity index (χ0n) is 12.5. The van der Waals surface area contributed by atoms with Gasteiger partial charge in [0.05, 0.1) is 22.4 Å². The first-order chi connectivity index (χ1) is 9.49. The van der Waals surface area contributed by atoms with Crippen molar-refractivity contribution in [3.05, 3.63) is 22.2 Å². The molecule has 0 N–H and O–H groups in total. The Morgan fingerprint density at radius 1 is 1.45 bits per heavy atom. The topological polar surface area (TPSA) is 26.3 Å². The number of fused-ring (bicyclic) bond motifs is 1. The third-order valence-electron chi connectivity index (χ3n) is 4.19. The molecule has 0 aromatic heterocycles. The first-order valence-electron chi connectivity index (χ1n) is 7.24. The molecule has 1 aromatic rings. The fourth-order valence-corrected chi connectivity index (χ4v) is 5.16. The summed E-state index contributed by atoms with van der Waals surface area (Å²) in [6, 6.07) is 4.03. The van der Waals surface area contributed by atoms with Crippen LogP contribution in [-0.4, -0.2) is 17.1 Å². The molecule has 1 aliphatic heterocycles. The lowest BCUT2D eigenvalue weighted by molar-refractivity contribution is 0.306. The van der Waals surface area contributed by atoms with E-state index in [1.807, 2.05) is 6.07 Å². The molecule has 0 spiro atoms. The van der Waals surface area contributed by atoms with Gasteiger partial charge >= 0.3 is 0 Å². The van der Waals surface area contributed by atoms with E-state index in [-0.39, 0.29) is 5.41 Å². The van der Waals surface area contributed by atoms with Gasteiger partial charge in [0.2, 0.25) is 0 Å². The average Bonchev–Trinajstić information content (AvgIpc) is 2.54. The van der Waals surface area contributed by atoms with Crippen molar-refractivity contribution in [2.75, 3.05) is 12.9 Å². The van der Waals surface area contributed by atoms with Crippen molar-refractivity contribution in [1.29, 1.82) is 0 Å². The molecule has 0 aliphatic carbocycles. The Balaban J connectivity index is 2.30. The van der Waals surface area contributed by atoms with E-state index in [1.54, 1.807) is 7.11 Å². The normalized spacial score (nSPS) is 25.9. The summed E-state index contributed by atoms with van der Waals surface area (Å²) >= 11 is 3.53. The maximum atomic E-state index is 12.7. The van der Waals surface area contributed by atoms with Crippen LogP contribution < -0.4 is 4.74 Å². The Kier molecular flexibility index (Phi) is 5.30. The van der Waals surface area contributed by atoms with Gasteiger partial charge in [0.15, 0.2) is 0 Å². The number of rotatable bonds is 4. The highest BCUT2D eigenvalue weighted by Crippen LogP contribution is 2.39. The highest BCUT2D eigenvalue weighted by molar-refractivity contribution is 9.10. The zero-order chi connectivity index (χ0) is 14.8. The van der Waals surface area contributed by atoms with Crippen LogP contribution in [0.1, 0.15) is 45.1 Å². The molecule has 4 heteroatoms. The molecule has 0 saturated heterocycles. The van der Waals surface area contributed by atoms with E-state index >= 15 is 0 Å². The van der Waals surface area contributed by atoms with E-state index < -0.39 is 10.8 Å². The first-order valence-corrected chi connectivity index (χ1v) is 9.35. The molecular formula is C16H23BrO2S. The molecule has 0 bridgehead atoms. The number of benzene rings is 1. The molecule has 0 radical (unpaired) electrons. The summed E-state index contributed by atoms with van der Waals surface area (Å²) in [5.74, 6) is 1.54. The summed E-state index contributed by atoms with van der Waals surface area (Å²) in [6.07, 6.45) is 5.71. The van der Waals surface area contributed by atoms with Crippen LogP contribution in [0.4, 0.5) is 0 Å². The van der Waals surface area contributed by atoms with Crippen LogP contribution in [0.5, 0.6) is 5.75 Å². The van der Waals surface area contributed by atoms with Crippen LogP contribution in [0.25, 0.3) is 0 Å². The standard InChI is InChI=1S/C16H23BrO2S/c1-4-5-7-16(2)8-6-12-9-13(17)14(19-3)10-15(12)20(18)11-16/h9-10H,4-8,11H2,1-3H3. The quantitative estimate of drug-likeness (QED) is 0.778. The van der Waals surface area contributed by atoms with Gasteiger partial charge in [-0.1, -0.05) is 26.7 Å². The van der Waals surface area contributed by atoms with Gasteiger partial charge in [-0.2, -0.15) is 0 Å². The maximum Gasteiger partial charge on any atom is 0.134 e.